The molecule has 1 aliphatic heterocycles. The minimum Gasteiger partial charge on any atom is -0.399 e. The maximum atomic E-state index is 13.6. The number of hydrogen-bond donors (Lipinski definition) is 0. The van der Waals surface area contributed by atoms with Crippen LogP contribution in [-0.2, 0) is 9.31 Å². The van der Waals surface area contributed by atoms with Gasteiger partial charge in [0.25, 0.3) is 0 Å². The molecule has 1 heterocycles. The van der Waals surface area contributed by atoms with E-state index in [2.05, 4.69) is 0 Å². The molecule has 3 rings (SSSR count). The molecule has 0 aromatic heterocycles. The molecule has 0 unspecified atom stereocenters. The van der Waals surface area contributed by atoms with E-state index in [1.54, 1.807) is 6.07 Å². The summed E-state index contributed by atoms with van der Waals surface area (Å²) in [5.41, 5.74) is 1.34. The zero-order chi connectivity index (χ0) is 14.5. The number of halogens is 1. The number of rotatable bonds is 2. The third kappa shape index (κ3) is 2.19. The molecular formula is C16H22BFO2. The fourth-order valence-corrected chi connectivity index (χ4v) is 2.80. The zero-order valence-corrected chi connectivity index (χ0v) is 12.7. The lowest BCUT2D eigenvalue weighted by Gasteiger charge is -2.32. The van der Waals surface area contributed by atoms with Crippen molar-refractivity contribution in [1.29, 1.82) is 0 Å². The minimum atomic E-state index is -0.392. The van der Waals surface area contributed by atoms with Gasteiger partial charge in [0.2, 0.25) is 0 Å². The Morgan fingerprint density at radius 3 is 2.20 bits per heavy atom. The van der Waals surface area contributed by atoms with Crippen molar-refractivity contribution >= 4 is 12.6 Å². The summed E-state index contributed by atoms with van der Waals surface area (Å²) in [5.74, 6) is 0.284. The third-order valence-electron chi connectivity index (χ3n) is 5.10. The molecule has 2 fully saturated rings. The molecule has 1 saturated carbocycles. The highest BCUT2D eigenvalue weighted by Gasteiger charge is 2.52. The van der Waals surface area contributed by atoms with Crippen LogP contribution >= 0.6 is 0 Å². The summed E-state index contributed by atoms with van der Waals surface area (Å²) in [6, 6.07) is 4.98. The van der Waals surface area contributed by atoms with Crippen LogP contribution in [0.1, 0.15) is 58.4 Å². The van der Waals surface area contributed by atoms with Crippen LogP contribution in [0.4, 0.5) is 4.39 Å². The molecule has 1 aromatic rings. The molecule has 108 valence electrons. The second kappa shape index (κ2) is 4.57. The quantitative estimate of drug-likeness (QED) is 0.771. The summed E-state index contributed by atoms with van der Waals surface area (Å²) in [4.78, 5) is 0. The fraction of sp³-hybridized carbons (Fsp3) is 0.625. The lowest BCUT2D eigenvalue weighted by molar-refractivity contribution is 0.00578. The first kappa shape index (κ1) is 14.1. The molecule has 0 radical (unpaired) electrons. The summed E-state index contributed by atoms with van der Waals surface area (Å²) in [5, 5.41) is 0. The molecule has 4 heteroatoms. The van der Waals surface area contributed by atoms with Crippen molar-refractivity contribution in [3.8, 4) is 0 Å². The van der Waals surface area contributed by atoms with E-state index < -0.39 is 7.12 Å². The SMILES string of the molecule is CC1(C)OB(c2ccc(F)cc2C2CCC2)OC1(C)C. The topological polar surface area (TPSA) is 18.5 Å². The van der Waals surface area contributed by atoms with Crippen LogP contribution in [0.5, 0.6) is 0 Å². The molecule has 0 amide bonds. The number of hydrogen-bond acceptors (Lipinski definition) is 2. The lowest BCUT2D eigenvalue weighted by atomic mass is 9.68. The molecule has 0 atom stereocenters. The Hall–Kier alpha value is -0.865. The molecule has 2 nitrogen and oxygen atoms in total. The lowest BCUT2D eigenvalue weighted by Crippen LogP contribution is -2.41. The van der Waals surface area contributed by atoms with Gasteiger partial charge in [0.15, 0.2) is 0 Å². The van der Waals surface area contributed by atoms with Gasteiger partial charge in [0.05, 0.1) is 11.2 Å². The van der Waals surface area contributed by atoms with E-state index in [0.717, 1.165) is 23.9 Å². The maximum Gasteiger partial charge on any atom is 0.495 e. The van der Waals surface area contributed by atoms with Gasteiger partial charge < -0.3 is 9.31 Å². The predicted molar refractivity (Wildman–Crippen MR) is 78.7 cm³/mol. The Balaban J connectivity index is 1.95. The van der Waals surface area contributed by atoms with Crippen LogP contribution in [0.3, 0.4) is 0 Å². The molecular weight excluding hydrogens is 254 g/mol. The largest absolute Gasteiger partial charge is 0.495 e. The van der Waals surface area contributed by atoms with Gasteiger partial charge in [0, 0.05) is 0 Å². The van der Waals surface area contributed by atoms with Gasteiger partial charge in [-0.1, -0.05) is 12.5 Å². The maximum absolute atomic E-state index is 13.6. The van der Waals surface area contributed by atoms with Gasteiger partial charge in [0.1, 0.15) is 5.82 Å². The first-order chi connectivity index (χ1) is 9.30. The fourth-order valence-electron chi connectivity index (χ4n) is 2.80. The van der Waals surface area contributed by atoms with E-state index in [1.807, 2.05) is 33.8 Å². The van der Waals surface area contributed by atoms with Crippen LogP contribution in [0.25, 0.3) is 0 Å². The second-order valence-corrected chi connectivity index (χ2v) is 6.99. The van der Waals surface area contributed by atoms with Crippen LogP contribution < -0.4 is 5.46 Å². The molecule has 20 heavy (non-hydrogen) atoms. The highest BCUT2D eigenvalue weighted by Crippen LogP contribution is 2.39. The average molecular weight is 276 g/mol. The highest BCUT2D eigenvalue weighted by atomic mass is 19.1. The van der Waals surface area contributed by atoms with Crippen LogP contribution in [0.2, 0.25) is 0 Å². The predicted octanol–water partition coefficient (Wildman–Crippen LogP) is 3.39. The van der Waals surface area contributed by atoms with Crippen molar-refractivity contribution in [3.05, 3.63) is 29.6 Å². The molecule has 1 saturated heterocycles. The van der Waals surface area contributed by atoms with E-state index in [1.165, 1.54) is 12.5 Å². The summed E-state index contributed by atoms with van der Waals surface area (Å²) in [6.45, 7) is 8.16. The molecule has 0 spiro atoms. The Bertz CT molecular complexity index is 507. The number of benzene rings is 1. The van der Waals surface area contributed by atoms with Crippen molar-refractivity contribution < 1.29 is 13.7 Å². The van der Waals surface area contributed by atoms with Crippen molar-refractivity contribution in [2.45, 2.75) is 64.1 Å². The first-order valence-electron chi connectivity index (χ1n) is 7.45. The van der Waals surface area contributed by atoms with E-state index in [9.17, 15) is 4.39 Å². The molecule has 1 aromatic carbocycles. The average Bonchev–Trinajstić information content (AvgIpc) is 2.45. The van der Waals surface area contributed by atoms with Gasteiger partial charge in [-0.3, -0.25) is 0 Å². The van der Waals surface area contributed by atoms with Gasteiger partial charge in [-0.15, -0.1) is 0 Å². The smallest absolute Gasteiger partial charge is 0.399 e. The van der Waals surface area contributed by atoms with Crippen LogP contribution in [0.15, 0.2) is 18.2 Å². The second-order valence-electron chi connectivity index (χ2n) is 6.99. The van der Waals surface area contributed by atoms with Crippen molar-refractivity contribution in [1.82, 2.24) is 0 Å². The Kier molecular flexibility index (Phi) is 3.22. The highest BCUT2D eigenvalue weighted by molar-refractivity contribution is 6.62. The third-order valence-corrected chi connectivity index (χ3v) is 5.10. The Labute approximate surface area is 120 Å². The van der Waals surface area contributed by atoms with Gasteiger partial charge in [-0.25, -0.2) is 4.39 Å². The standard InChI is InChI=1S/C16H22BFO2/c1-15(2)16(3,4)20-17(19-15)14-9-8-12(18)10-13(14)11-6-5-7-11/h8-11H,5-7H2,1-4H3. The minimum absolute atomic E-state index is 0.174. The van der Waals surface area contributed by atoms with Crippen LogP contribution in [-0.4, -0.2) is 18.3 Å². The summed E-state index contributed by atoms with van der Waals surface area (Å²) >= 11 is 0. The summed E-state index contributed by atoms with van der Waals surface area (Å²) in [7, 11) is -0.392. The molecule has 0 bridgehead atoms. The molecule has 2 aliphatic rings. The van der Waals surface area contributed by atoms with E-state index in [4.69, 9.17) is 9.31 Å². The monoisotopic (exact) mass is 276 g/mol. The van der Waals surface area contributed by atoms with Crippen molar-refractivity contribution in [2.75, 3.05) is 0 Å². The van der Waals surface area contributed by atoms with E-state index in [-0.39, 0.29) is 17.0 Å². The Morgan fingerprint density at radius 1 is 1.10 bits per heavy atom. The van der Waals surface area contributed by atoms with E-state index >= 15 is 0 Å². The van der Waals surface area contributed by atoms with Crippen molar-refractivity contribution in [2.24, 2.45) is 0 Å². The first-order valence-corrected chi connectivity index (χ1v) is 7.45. The van der Waals surface area contributed by atoms with Crippen LogP contribution in [0, 0.1) is 5.82 Å². The summed E-state index contributed by atoms with van der Waals surface area (Å²) in [6.07, 6.45) is 3.50. The van der Waals surface area contributed by atoms with Gasteiger partial charge in [-0.2, -0.15) is 0 Å². The van der Waals surface area contributed by atoms with Gasteiger partial charge in [-0.05, 0) is 69.6 Å². The van der Waals surface area contributed by atoms with Gasteiger partial charge >= 0.3 is 7.12 Å². The zero-order valence-electron chi connectivity index (χ0n) is 12.7. The Morgan fingerprint density at radius 2 is 1.70 bits per heavy atom. The van der Waals surface area contributed by atoms with Crippen molar-refractivity contribution in [3.63, 3.8) is 0 Å². The normalized spacial score (nSPS) is 24.8. The molecule has 0 N–H and O–H groups in total. The van der Waals surface area contributed by atoms with E-state index in [0.29, 0.717) is 5.92 Å². The molecule has 1 aliphatic carbocycles. The summed E-state index contributed by atoms with van der Waals surface area (Å²) < 4.78 is 25.8.